The summed E-state index contributed by atoms with van der Waals surface area (Å²) in [7, 11) is 0. The summed E-state index contributed by atoms with van der Waals surface area (Å²) in [6.45, 7) is 13.3. The molecule has 0 spiro atoms. The van der Waals surface area contributed by atoms with Crippen molar-refractivity contribution in [2.45, 2.75) is 78.6 Å². The molecule has 1 N–H and O–H groups in total. The van der Waals surface area contributed by atoms with E-state index in [-0.39, 0.29) is 24.4 Å². The van der Waals surface area contributed by atoms with E-state index >= 15 is 0 Å². The summed E-state index contributed by atoms with van der Waals surface area (Å²) >= 11 is 0. The second kappa shape index (κ2) is 8.89. The molecule has 3 heteroatoms. The molecule has 3 atom stereocenters. The number of aliphatic hydroxyl groups is 1. The van der Waals surface area contributed by atoms with Crippen molar-refractivity contribution in [1.29, 1.82) is 0 Å². The molecule has 0 saturated carbocycles. The Morgan fingerprint density at radius 1 is 1.11 bits per heavy atom. The monoisotopic (exact) mass is 260 g/mol. The van der Waals surface area contributed by atoms with Crippen molar-refractivity contribution in [3.05, 3.63) is 0 Å². The highest BCUT2D eigenvalue weighted by atomic mass is 16.6. The van der Waals surface area contributed by atoms with Crippen LogP contribution >= 0.6 is 0 Å². The summed E-state index contributed by atoms with van der Waals surface area (Å²) in [4.78, 5) is 0. The third kappa shape index (κ3) is 7.34. The van der Waals surface area contributed by atoms with Crippen molar-refractivity contribution in [2.24, 2.45) is 5.92 Å². The largest absolute Gasteiger partial charge is 0.394 e. The third-order valence-electron chi connectivity index (χ3n) is 3.55. The summed E-state index contributed by atoms with van der Waals surface area (Å²) < 4.78 is 11.6. The van der Waals surface area contributed by atoms with Gasteiger partial charge in [-0.25, -0.2) is 0 Å². The van der Waals surface area contributed by atoms with Gasteiger partial charge in [0.1, 0.15) is 0 Å². The lowest BCUT2D eigenvalue weighted by atomic mass is 9.88. The minimum Gasteiger partial charge on any atom is -0.394 e. The second-order valence-corrected chi connectivity index (χ2v) is 5.90. The van der Waals surface area contributed by atoms with Crippen molar-refractivity contribution < 1.29 is 14.6 Å². The first kappa shape index (κ1) is 17.9. The van der Waals surface area contributed by atoms with Gasteiger partial charge in [-0.2, -0.15) is 0 Å². The highest BCUT2D eigenvalue weighted by molar-refractivity contribution is 4.77. The van der Waals surface area contributed by atoms with Gasteiger partial charge in [0.25, 0.3) is 0 Å². The van der Waals surface area contributed by atoms with E-state index in [2.05, 4.69) is 27.7 Å². The van der Waals surface area contributed by atoms with Crippen molar-refractivity contribution >= 4 is 0 Å². The molecular weight excluding hydrogens is 228 g/mol. The number of aliphatic hydroxyl groups excluding tert-OH is 1. The molecule has 0 amide bonds. The smallest absolute Gasteiger partial charge is 0.0788 e. The Kier molecular flexibility index (Phi) is 8.83. The molecule has 18 heavy (non-hydrogen) atoms. The van der Waals surface area contributed by atoms with Crippen LogP contribution in [0.3, 0.4) is 0 Å². The standard InChI is InChI=1S/C15H32O3/c1-7-8-9-12(2)15(5,6)18-14(4)11-17-13(3)10-16/h12-14,16H,7-11H2,1-6H3. The molecule has 0 aromatic heterocycles. The average Bonchev–Trinajstić information content (AvgIpc) is 2.32. The van der Waals surface area contributed by atoms with E-state index in [0.29, 0.717) is 12.5 Å². The van der Waals surface area contributed by atoms with E-state index in [4.69, 9.17) is 14.6 Å². The fourth-order valence-electron chi connectivity index (χ4n) is 1.88. The molecule has 0 saturated heterocycles. The van der Waals surface area contributed by atoms with Crippen LogP contribution in [-0.4, -0.2) is 36.1 Å². The zero-order valence-corrected chi connectivity index (χ0v) is 13.0. The van der Waals surface area contributed by atoms with Gasteiger partial charge in [0.2, 0.25) is 0 Å². The van der Waals surface area contributed by atoms with E-state index in [0.717, 1.165) is 0 Å². The zero-order valence-electron chi connectivity index (χ0n) is 13.0. The molecule has 0 aliphatic rings. The van der Waals surface area contributed by atoms with Gasteiger partial charge >= 0.3 is 0 Å². The quantitative estimate of drug-likeness (QED) is 0.654. The summed E-state index contributed by atoms with van der Waals surface area (Å²) in [5.41, 5.74) is -0.125. The lowest BCUT2D eigenvalue weighted by Crippen LogP contribution is -2.38. The number of rotatable bonds is 10. The van der Waals surface area contributed by atoms with Crippen molar-refractivity contribution in [3.8, 4) is 0 Å². The van der Waals surface area contributed by atoms with Crippen LogP contribution in [0.15, 0.2) is 0 Å². The number of hydrogen-bond donors (Lipinski definition) is 1. The van der Waals surface area contributed by atoms with Crippen molar-refractivity contribution in [2.75, 3.05) is 13.2 Å². The first-order valence-corrected chi connectivity index (χ1v) is 7.23. The maximum atomic E-state index is 8.90. The van der Waals surface area contributed by atoms with Crippen LogP contribution in [0, 0.1) is 5.92 Å². The normalized spacial score (nSPS) is 17.5. The molecule has 0 bridgehead atoms. The van der Waals surface area contributed by atoms with Gasteiger partial charge in [0.05, 0.1) is 31.0 Å². The Morgan fingerprint density at radius 2 is 1.72 bits per heavy atom. The summed E-state index contributed by atoms with van der Waals surface area (Å²) in [5.74, 6) is 0.537. The number of ether oxygens (including phenoxy) is 2. The molecule has 0 heterocycles. The van der Waals surface area contributed by atoms with E-state index in [1.165, 1.54) is 19.3 Å². The Morgan fingerprint density at radius 3 is 2.22 bits per heavy atom. The van der Waals surface area contributed by atoms with E-state index < -0.39 is 0 Å². The van der Waals surface area contributed by atoms with Gasteiger partial charge in [-0.1, -0.05) is 26.7 Å². The van der Waals surface area contributed by atoms with E-state index in [9.17, 15) is 0 Å². The average molecular weight is 260 g/mol. The topological polar surface area (TPSA) is 38.7 Å². The Labute approximate surface area is 113 Å². The Hall–Kier alpha value is -0.120. The van der Waals surface area contributed by atoms with Gasteiger partial charge in [-0.15, -0.1) is 0 Å². The second-order valence-electron chi connectivity index (χ2n) is 5.90. The summed E-state index contributed by atoms with van der Waals surface area (Å²) in [5, 5.41) is 8.90. The number of hydrogen-bond acceptors (Lipinski definition) is 3. The lowest BCUT2D eigenvalue weighted by Gasteiger charge is -2.35. The van der Waals surface area contributed by atoms with Crippen LogP contribution < -0.4 is 0 Å². The molecule has 0 radical (unpaired) electrons. The van der Waals surface area contributed by atoms with Crippen molar-refractivity contribution in [1.82, 2.24) is 0 Å². The summed E-state index contributed by atoms with van der Waals surface area (Å²) in [6, 6.07) is 0. The maximum absolute atomic E-state index is 8.90. The predicted molar refractivity (Wildman–Crippen MR) is 75.8 cm³/mol. The van der Waals surface area contributed by atoms with Crippen molar-refractivity contribution in [3.63, 3.8) is 0 Å². The van der Waals surface area contributed by atoms with Gasteiger partial charge < -0.3 is 14.6 Å². The van der Waals surface area contributed by atoms with Gasteiger partial charge in [-0.05, 0) is 40.0 Å². The molecule has 3 nitrogen and oxygen atoms in total. The highest BCUT2D eigenvalue weighted by Crippen LogP contribution is 2.27. The fraction of sp³-hybridized carbons (Fsp3) is 1.00. The molecule has 0 aromatic rings. The molecule has 0 fully saturated rings. The van der Waals surface area contributed by atoms with E-state index in [1.807, 2.05) is 13.8 Å². The molecular formula is C15H32O3. The highest BCUT2D eigenvalue weighted by Gasteiger charge is 2.28. The first-order valence-electron chi connectivity index (χ1n) is 7.23. The van der Waals surface area contributed by atoms with Gasteiger partial charge in [0, 0.05) is 0 Å². The third-order valence-corrected chi connectivity index (χ3v) is 3.55. The Bertz CT molecular complexity index is 204. The van der Waals surface area contributed by atoms with Crippen LogP contribution in [0.2, 0.25) is 0 Å². The van der Waals surface area contributed by atoms with Gasteiger partial charge in [-0.3, -0.25) is 0 Å². The molecule has 0 rings (SSSR count). The lowest BCUT2D eigenvalue weighted by molar-refractivity contribution is -0.129. The molecule has 3 unspecified atom stereocenters. The van der Waals surface area contributed by atoms with Crippen LogP contribution in [0.5, 0.6) is 0 Å². The molecule has 110 valence electrons. The van der Waals surface area contributed by atoms with Crippen LogP contribution in [-0.2, 0) is 9.47 Å². The number of unbranched alkanes of at least 4 members (excludes halogenated alkanes) is 1. The minimum atomic E-state index is -0.125. The zero-order chi connectivity index (χ0) is 14.2. The SMILES string of the molecule is CCCCC(C)C(C)(C)OC(C)COC(C)CO. The summed E-state index contributed by atoms with van der Waals surface area (Å²) in [6.07, 6.45) is 3.62. The van der Waals surface area contributed by atoms with E-state index in [1.54, 1.807) is 0 Å². The molecule has 0 aromatic carbocycles. The maximum Gasteiger partial charge on any atom is 0.0788 e. The van der Waals surface area contributed by atoms with Gasteiger partial charge in [0.15, 0.2) is 0 Å². The Balaban J connectivity index is 4.05. The van der Waals surface area contributed by atoms with Crippen LogP contribution in [0.4, 0.5) is 0 Å². The minimum absolute atomic E-state index is 0.0538. The molecule has 0 aliphatic heterocycles. The van der Waals surface area contributed by atoms with Crippen LogP contribution in [0.1, 0.15) is 60.8 Å². The predicted octanol–water partition coefficient (Wildman–Crippen LogP) is 3.39. The first-order chi connectivity index (χ1) is 8.33. The molecule has 0 aliphatic carbocycles. The van der Waals surface area contributed by atoms with Crippen LogP contribution in [0.25, 0.3) is 0 Å². The fourth-order valence-corrected chi connectivity index (χ4v) is 1.88.